The van der Waals surface area contributed by atoms with E-state index in [1.807, 2.05) is 61.5 Å². The maximum Gasteiger partial charge on any atom is 0.255 e. The Balaban J connectivity index is 1.40. The number of hydrogen-bond acceptors (Lipinski definition) is 4. The molecule has 5 nitrogen and oxygen atoms in total. The number of amides is 3. The lowest BCUT2D eigenvalue weighted by atomic mass is 10.0. The summed E-state index contributed by atoms with van der Waals surface area (Å²) in [4.78, 5) is 40.1. The van der Waals surface area contributed by atoms with Gasteiger partial charge in [-0.1, -0.05) is 43.7 Å². The molecule has 3 aromatic carbocycles. The molecule has 4 rings (SSSR count). The van der Waals surface area contributed by atoms with Crippen molar-refractivity contribution in [2.45, 2.75) is 43.3 Å². The van der Waals surface area contributed by atoms with E-state index >= 15 is 0 Å². The first-order chi connectivity index (χ1) is 15.8. The molecule has 0 saturated carbocycles. The van der Waals surface area contributed by atoms with Crippen molar-refractivity contribution in [3.63, 3.8) is 0 Å². The van der Waals surface area contributed by atoms with Crippen molar-refractivity contribution in [2.75, 3.05) is 10.2 Å². The summed E-state index contributed by atoms with van der Waals surface area (Å²) in [6, 6.07) is 22.3. The van der Waals surface area contributed by atoms with Gasteiger partial charge >= 0.3 is 0 Å². The van der Waals surface area contributed by atoms with Crippen molar-refractivity contribution in [1.29, 1.82) is 0 Å². The lowest BCUT2D eigenvalue weighted by Crippen LogP contribution is -2.31. The average molecular weight is 459 g/mol. The average Bonchev–Trinajstić information content (AvgIpc) is 3.07. The highest BCUT2D eigenvalue weighted by atomic mass is 32.2. The minimum absolute atomic E-state index is 0.168. The van der Waals surface area contributed by atoms with Gasteiger partial charge in [-0.15, -0.1) is 11.8 Å². The second-order valence-electron chi connectivity index (χ2n) is 8.47. The highest BCUT2D eigenvalue weighted by molar-refractivity contribution is 8.00. The summed E-state index contributed by atoms with van der Waals surface area (Å²) in [6.45, 7) is 6.15. The minimum atomic E-state index is -0.463. The SMILES string of the molecule is Cc1cccc(C(=O)Nc2ccc(SC3CC(=O)N(c4ccc(C(C)C)cc4)C3=O)cc2)c1. The number of aryl methyl sites for hydroxylation is 1. The molecule has 0 aliphatic carbocycles. The molecular weight excluding hydrogens is 432 g/mol. The van der Waals surface area contributed by atoms with Gasteiger partial charge in [-0.2, -0.15) is 0 Å². The van der Waals surface area contributed by atoms with Gasteiger partial charge in [-0.25, -0.2) is 4.90 Å². The van der Waals surface area contributed by atoms with Crippen LogP contribution in [0.25, 0.3) is 0 Å². The quantitative estimate of drug-likeness (QED) is 0.475. The topological polar surface area (TPSA) is 66.5 Å². The zero-order valence-electron chi connectivity index (χ0n) is 18.9. The van der Waals surface area contributed by atoms with Crippen molar-refractivity contribution >= 4 is 40.9 Å². The molecule has 1 fully saturated rings. The first-order valence-electron chi connectivity index (χ1n) is 10.9. The molecule has 168 valence electrons. The molecule has 1 heterocycles. The zero-order valence-corrected chi connectivity index (χ0v) is 19.7. The summed E-state index contributed by atoms with van der Waals surface area (Å²) >= 11 is 1.37. The van der Waals surface area contributed by atoms with E-state index in [-0.39, 0.29) is 24.1 Å². The maximum atomic E-state index is 13.0. The van der Waals surface area contributed by atoms with Gasteiger partial charge in [0, 0.05) is 22.6 Å². The van der Waals surface area contributed by atoms with Crippen LogP contribution >= 0.6 is 11.8 Å². The van der Waals surface area contributed by atoms with Crippen LogP contribution in [0.2, 0.25) is 0 Å². The van der Waals surface area contributed by atoms with Crippen molar-refractivity contribution in [2.24, 2.45) is 0 Å². The highest BCUT2D eigenvalue weighted by Crippen LogP contribution is 2.34. The summed E-state index contributed by atoms with van der Waals surface area (Å²) < 4.78 is 0. The smallest absolute Gasteiger partial charge is 0.255 e. The van der Waals surface area contributed by atoms with Gasteiger partial charge in [0.25, 0.3) is 5.91 Å². The Morgan fingerprint density at radius 3 is 2.33 bits per heavy atom. The normalized spacial score (nSPS) is 15.9. The molecule has 1 N–H and O–H groups in total. The van der Waals surface area contributed by atoms with Gasteiger partial charge in [-0.3, -0.25) is 14.4 Å². The number of anilines is 2. The van der Waals surface area contributed by atoms with E-state index in [0.29, 0.717) is 22.9 Å². The van der Waals surface area contributed by atoms with Crippen LogP contribution in [0.5, 0.6) is 0 Å². The van der Waals surface area contributed by atoms with E-state index in [2.05, 4.69) is 19.2 Å². The fraction of sp³-hybridized carbons (Fsp3) is 0.222. The van der Waals surface area contributed by atoms with E-state index in [1.165, 1.54) is 22.2 Å². The Hall–Kier alpha value is -3.38. The molecule has 0 aromatic heterocycles. The van der Waals surface area contributed by atoms with Crippen LogP contribution in [-0.4, -0.2) is 23.0 Å². The number of nitrogens with zero attached hydrogens (tertiary/aromatic N) is 1. The molecule has 0 spiro atoms. The predicted molar refractivity (Wildman–Crippen MR) is 133 cm³/mol. The lowest BCUT2D eigenvalue weighted by Gasteiger charge is -2.16. The fourth-order valence-corrected chi connectivity index (χ4v) is 4.80. The highest BCUT2D eigenvalue weighted by Gasteiger charge is 2.40. The number of carbonyl (C=O) groups is 3. The predicted octanol–water partition coefficient (Wildman–Crippen LogP) is 5.79. The van der Waals surface area contributed by atoms with Gasteiger partial charge in [0.15, 0.2) is 0 Å². The number of nitrogens with one attached hydrogen (secondary N) is 1. The summed E-state index contributed by atoms with van der Waals surface area (Å²) in [5.41, 5.74) is 4.08. The molecule has 1 saturated heterocycles. The minimum Gasteiger partial charge on any atom is -0.322 e. The molecule has 3 amide bonds. The van der Waals surface area contributed by atoms with Crippen molar-refractivity contribution in [3.05, 3.63) is 89.5 Å². The van der Waals surface area contributed by atoms with E-state index in [4.69, 9.17) is 0 Å². The monoisotopic (exact) mass is 458 g/mol. The lowest BCUT2D eigenvalue weighted by molar-refractivity contribution is -0.121. The Morgan fingerprint density at radius 1 is 1.00 bits per heavy atom. The molecule has 1 aliphatic heterocycles. The number of benzene rings is 3. The molecule has 1 unspecified atom stereocenters. The van der Waals surface area contributed by atoms with E-state index in [9.17, 15) is 14.4 Å². The summed E-state index contributed by atoms with van der Waals surface area (Å²) in [5.74, 6) is -0.164. The summed E-state index contributed by atoms with van der Waals surface area (Å²) in [7, 11) is 0. The van der Waals surface area contributed by atoms with Crippen LogP contribution in [0, 0.1) is 6.92 Å². The molecule has 3 aromatic rings. The number of hydrogen-bond donors (Lipinski definition) is 1. The van der Waals surface area contributed by atoms with Crippen molar-refractivity contribution in [1.82, 2.24) is 0 Å². The largest absolute Gasteiger partial charge is 0.322 e. The molecule has 0 radical (unpaired) electrons. The summed E-state index contributed by atoms with van der Waals surface area (Å²) in [5, 5.41) is 2.42. The molecule has 1 atom stereocenters. The Morgan fingerprint density at radius 2 is 1.70 bits per heavy atom. The molecule has 0 bridgehead atoms. The standard InChI is InChI=1S/C27H26N2O3S/c1-17(2)19-7-11-22(12-8-19)29-25(30)16-24(27(29)32)33-23-13-9-21(10-14-23)28-26(31)20-6-4-5-18(3)15-20/h4-15,17,24H,16H2,1-3H3,(H,28,31). The van der Waals surface area contributed by atoms with E-state index in [0.717, 1.165) is 10.5 Å². The van der Waals surface area contributed by atoms with Crippen LogP contribution in [0.15, 0.2) is 77.7 Å². The zero-order chi connectivity index (χ0) is 23.5. The van der Waals surface area contributed by atoms with Crippen LogP contribution < -0.4 is 10.2 Å². The van der Waals surface area contributed by atoms with Crippen molar-refractivity contribution < 1.29 is 14.4 Å². The Bertz CT molecular complexity index is 1190. The third-order valence-electron chi connectivity index (χ3n) is 5.59. The van der Waals surface area contributed by atoms with Gasteiger partial charge in [0.05, 0.1) is 10.9 Å². The van der Waals surface area contributed by atoms with Crippen LogP contribution in [0.3, 0.4) is 0 Å². The number of carbonyl (C=O) groups excluding carboxylic acids is 3. The van der Waals surface area contributed by atoms with Crippen LogP contribution in [-0.2, 0) is 9.59 Å². The second kappa shape index (κ2) is 9.63. The Kier molecular flexibility index (Phi) is 6.65. The first-order valence-corrected chi connectivity index (χ1v) is 11.8. The number of imide groups is 1. The maximum absolute atomic E-state index is 13.0. The van der Waals surface area contributed by atoms with Crippen molar-refractivity contribution in [3.8, 4) is 0 Å². The molecule has 1 aliphatic rings. The Labute approximate surface area is 198 Å². The fourth-order valence-electron chi connectivity index (χ4n) is 3.75. The van der Waals surface area contributed by atoms with E-state index < -0.39 is 5.25 Å². The summed E-state index contributed by atoms with van der Waals surface area (Å²) in [6.07, 6.45) is 0.168. The third-order valence-corrected chi connectivity index (χ3v) is 6.79. The van der Waals surface area contributed by atoms with Gasteiger partial charge in [-0.05, 0) is 66.9 Å². The molecule has 6 heteroatoms. The van der Waals surface area contributed by atoms with Gasteiger partial charge < -0.3 is 5.32 Å². The number of thioether (sulfide) groups is 1. The van der Waals surface area contributed by atoms with Crippen LogP contribution in [0.1, 0.15) is 47.7 Å². The second-order valence-corrected chi connectivity index (χ2v) is 9.75. The molecular formula is C27H26N2O3S. The number of rotatable bonds is 6. The molecule has 33 heavy (non-hydrogen) atoms. The third kappa shape index (κ3) is 5.17. The van der Waals surface area contributed by atoms with Crippen LogP contribution in [0.4, 0.5) is 11.4 Å². The first kappa shape index (κ1) is 22.8. The van der Waals surface area contributed by atoms with Gasteiger partial charge in [0.2, 0.25) is 11.8 Å². The van der Waals surface area contributed by atoms with E-state index in [1.54, 1.807) is 18.2 Å². The van der Waals surface area contributed by atoms with Gasteiger partial charge in [0.1, 0.15) is 0 Å².